The van der Waals surface area contributed by atoms with E-state index < -0.39 is 0 Å². The van der Waals surface area contributed by atoms with Crippen molar-refractivity contribution < 1.29 is 0 Å². The van der Waals surface area contributed by atoms with Gasteiger partial charge < -0.3 is 0 Å². The van der Waals surface area contributed by atoms with Gasteiger partial charge >= 0.3 is 0 Å². The molecule has 0 aliphatic heterocycles. The van der Waals surface area contributed by atoms with Crippen molar-refractivity contribution in [3.8, 4) is 0 Å². The molecule has 0 heterocycles. The van der Waals surface area contributed by atoms with Crippen LogP contribution in [0.1, 0.15) is 49.7 Å². The molecule has 1 aromatic carbocycles. The normalized spacial score (nSPS) is 34.3. The predicted molar refractivity (Wildman–Crippen MR) is 64.0 cm³/mol. The summed E-state index contributed by atoms with van der Waals surface area (Å²) in [5.41, 5.74) is 3.27. The molecule has 0 bridgehead atoms. The molecular weight excluding hydrogens is 180 g/mol. The second kappa shape index (κ2) is 3.66. The van der Waals surface area contributed by atoms with E-state index in [1.165, 1.54) is 32.1 Å². The molecule has 2 aliphatic rings. The predicted octanol–water partition coefficient (Wildman–Crippen LogP) is 4.15. The Labute approximate surface area is 92.7 Å². The maximum absolute atomic E-state index is 2.45. The largest absolute Gasteiger partial charge is 0.0620 e. The van der Waals surface area contributed by atoms with Crippen LogP contribution < -0.4 is 0 Å². The summed E-state index contributed by atoms with van der Waals surface area (Å²) < 4.78 is 0. The van der Waals surface area contributed by atoms with Gasteiger partial charge in [-0.05, 0) is 48.1 Å². The Balaban J connectivity index is 1.98. The first kappa shape index (κ1) is 9.45. The van der Waals surface area contributed by atoms with Crippen molar-refractivity contribution in [3.05, 3.63) is 35.4 Å². The highest BCUT2D eigenvalue weighted by molar-refractivity contribution is 5.33. The van der Waals surface area contributed by atoms with Gasteiger partial charge in [0.25, 0.3) is 0 Å². The van der Waals surface area contributed by atoms with Crippen molar-refractivity contribution in [2.75, 3.05) is 0 Å². The smallest absolute Gasteiger partial charge is 0.0157 e. The summed E-state index contributed by atoms with van der Waals surface area (Å²) in [5, 5.41) is 0. The fourth-order valence-corrected chi connectivity index (χ4v) is 3.83. The molecule has 0 amide bonds. The van der Waals surface area contributed by atoms with Crippen LogP contribution in [0, 0.1) is 11.8 Å². The van der Waals surface area contributed by atoms with E-state index in [1.54, 1.807) is 11.1 Å². The Morgan fingerprint density at radius 1 is 1.07 bits per heavy atom. The fourth-order valence-electron chi connectivity index (χ4n) is 3.83. The van der Waals surface area contributed by atoms with E-state index in [4.69, 9.17) is 0 Å². The molecule has 1 fully saturated rings. The highest BCUT2D eigenvalue weighted by atomic mass is 14.4. The molecule has 15 heavy (non-hydrogen) atoms. The summed E-state index contributed by atoms with van der Waals surface area (Å²) in [6, 6.07) is 9.11. The monoisotopic (exact) mass is 200 g/mol. The van der Waals surface area contributed by atoms with Crippen LogP contribution >= 0.6 is 0 Å². The topological polar surface area (TPSA) is 0 Å². The summed E-state index contributed by atoms with van der Waals surface area (Å²) in [5.74, 6) is 2.78. The van der Waals surface area contributed by atoms with Crippen LogP contribution in [-0.4, -0.2) is 0 Å². The quantitative estimate of drug-likeness (QED) is 0.590. The third-order valence-corrected chi connectivity index (χ3v) is 4.64. The number of hydrogen-bond donors (Lipinski definition) is 0. The molecule has 0 saturated heterocycles. The molecule has 0 N–H and O–H groups in total. The Bertz CT molecular complexity index is 353. The van der Waals surface area contributed by atoms with Gasteiger partial charge in [0.2, 0.25) is 0 Å². The lowest BCUT2D eigenvalue weighted by Crippen LogP contribution is -2.30. The summed E-state index contributed by atoms with van der Waals surface area (Å²) in [7, 11) is 0. The molecule has 0 radical (unpaired) electrons. The second-order valence-corrected chi connectivity index (χ2v) is 5.40. The van der Waals surface area contributed by atoms with Crippen LogP contribution in [0.2, 0.25) is 0 Å². The lowest BCUT2D eigenvalue weighted by Gasteiger charge is -2.41. The Morgan fingerprint density at radius 2 is 1.87 bits per heavy atom. The number of benzene rings is 1. The van der Waals surface area contributed by atoms with Gasteiger partial charge in [-0.2, -0.15) is 0 Å². The molecule has 1 saturated carbocycles. The Hall–Kier alpha value is -0.780. The van der Waals surface area contributed by atoms with Gasteiger partial charge in [-0.1, -0.05) is 44.0 Å². The van der Waals surface area contributed by atoms with Crippen LogP contribution in [0.3, 0.4) is 0 Å². The fraction of sp³-hybridized carbons (Fsp3) is 0.600. The van der Waals surface area contributed by atoms with E-state index in [0.29, 0.717) is 0 Å². The zero-order valence-electron chi connectivity index (χ0n) is 9.58. The van der Waals surface area contributed by atoms with Crippen molar-refractivity contribution in [2.24, 2.45) is 11.8 Å². The van der Waals surface area contributed by atoms with E-state index in [9.17, 15) is 0 Å². The minimum Gasteiger partial charge on any atom is -0.0620 e. The van der Waals surface area contributed by atoms with Crippen LogP contribution in [0.4, 0.5) is 0 Å². The van der Waals surface area contributed by atoms with Gasteiger partial charge in [0.1, 0.15) is 0 Å². The molecule has 3 rings (SSSR count). The van der Waals surface area contributed by atoms with E-state index in [2.05, 4.69) is 31.2 Å². The van der Waals surface area contributed by atoms with E-state index in [-0.39, 0.29) is 0 Å². The minimum absolute atomic E-state index is 0.806. The van der Waals surface area contributed by atoms with Crippen LogP contribution in [0.15, 0.2) is 24.3 Å². The molecule has 2 aliphatic carbocycles. The van der Waals surface area contributed by atoms with Gasteiger partial charge in [-0.25, -0.2) is 0 Å². The molecule has 1 aromatic rings. The van der Waals surface area contributed by atoms with Gasteiger partial charge in [-0.3, -0.25) is 0 Å². The van der Waals surface area contributed by atoms with Crippen molar-refractivity contribution >= 4 is 0 Å². The first-order chi connectivity index (χ1) is 7.36. The molecule has 0 spiro atoms. The highest BCUT2D eigenvalue weighted by Crippen LogP contribution is 2.46. The van der Waals surface area contributed by atoms with Crippen molar-refractivity contribution in [1.29, 1.82) is 0 Å². The Kier molecular flexibility index (Phi) is 2.31. The molecule has 0 aromatic heterocycles. The van der Waals surface area contributed by atoms with Crippen LogP contribution in [-0.2, 0) is 6.42 Å². The lowest BCUT2D eigenvalue weighted by atomic mass is 9.64. The molecule has 0 nitrogen and oxygen atoms in total. The maximum atomic E-state index is 2.45. The zero-order valence-corrected chi connectivity index (χ0v) is 9.58. The summed E-state index contributed by atoms with van der Waals surface area (Å²) >= 11 is 0. The maximum Gasteiger partial charge on any atom is -0.0157 e. The first-order valence-corrected chi connectivity index (χ1v) is 6.44. The molecule has 80 valence electrons. The SMILES string of the molecule is C[C@@H]1c2ccccc2C[C@H]2CCCC[C@H]21. The standard InChI is InChI=1S/C15H20/c1-11-14-8-4-2-6-12(14)10-13-7-3-5-9-15(11)13/h2,4,6,8,11,13,15H,3,5,7,9-10H2,1H3/t11-,13-,15+/m1/s1. The van der Waals surface area contributed by atoms with Crippen molar-refractivity contribution in [2.45, 2.75) is 44.9 Å². The minimum atomic E-state index is 0.806. The summed E-state index contributed by atoms with van der Waals surface area (Å²) in [4.78, 5) is 0. The Morgan fingerprint density at radius 3 is 2.80 bits per heavy atom. The van der Waals surface area contributed by atoms with Gasteiger partial charge in [0.05, 0.1) is 0 Å². The molecular formula is C15H20. The number of fused-ring (bicyclic) bond motifs is 2. The molecule has 0 heteroatoms. The average Bonchev–Trinajstić information content (AvgIpc) is 2.30. The van der Waals surface area contributed by atoms with Crippen LogP contribution in [0.25, 0.3) is 0 Å². The molecule has 3 atom stereocenters. The number of rotatable bonds is 0. The summed E-state index contributed by atoms with van der Waals surface area (Å²) in [6.07, 6.45) is 7.23. The van der Waals surface area contributed by atoms with Crippen molar-refractivity contribution in [3.63, 3.8) is 0 Å². The first-order valence-electron chi connectivity index (χ1n) is 6.44. The van der Waals surface area contributed by atoms with E-state index in [1.807, 2.05) is 0 Å². The van der Waals surface area contributed by atoms with Gasteiger partial charge in [0.15, 0.2) is 0 Å². The zero-order chi connectivity index (χ0) is 10.3. The third kappa shape index (κ3) is 1.51. The van der Waals surface area contributed by atoms with Crippen LogP contribution in [0.5, 0.6) is 0 Å². The lowest BCUT2D eigenvalue weighted by molar-refractivity contribution is 0.191. The third-order valence-electron chi connectivity index (χ3n) is 4.64. The van der Waals surface area contributed by atoms with Gasteiger partial charge in [-0.15, -0.1) is 0 Å². The highest BCUT2D eigenvalue weighted by Gasteiger charge is 2.34. The number of hydrogen-bond acceptors (Lipinski definition) is 0. The van der Waals surface area contributed by atoms with E-state index in [0.717, 1.165) is 17.8 Å². The second-order valence-electron chi connectivity index (χ2n) is 5.40. The van der Waals surface area contributed by atoms with Crippen molar-refractivity contribution in [1.82, 2.24) is 0 Å². The summed E-state index contributed by atoms with van der Waals surface area (Å²) in [6.45, 7) is 2.45. The molecule has 0 unspecified atom stereocenters. The average molecular weight is 200 g/mol. The van der Waals surface area contributed by atoms with Gasteiger partial charge in [0, 0.05) is 0 Å². The van der Waals surface area contributed by atoms with E-state index >= 15 is 0 Å².